The molecule has 0 bridgehead atoms. The van der Waals surface area contributed by atoms with Gasteiger partial charge in [-0.3, -0.25) is 4.79 Å². The minimum absolute atomic E-state index is 0.232. The van der Waals surface area contributed by atoms with Crippen LogP contribution in [0, 0.1) is 5.92 Å². The van der Waals surface area contributed by atoms with E-state index in [-0.39, 0.29) is 5.78 Å². The van der Waals surface area contributed by atoms with Crippen LogP contribution in [0.5, 0.6) is 0 Å². The average Bonchev–Trinajstić information content (AvgIpc) is 2.35. The van der Waals surface area contributed by atoms with Gasteiger partial charge in [-0.15, -0.1) is 11.8 Å². The lowest BCUT2D eigenvalue weighted by molar-refractivity contribution is 0.102. The van der Waals surface area contributed by atoms with Crippen molar-refractivity contribution in [1.29, 1.82) is 0 Å². The summed E-state index contributed by atoms with van der Waals surface area (Å²) in [5.74, 6) is 1.43. The third-order valence-corrected chi connectivity index (χ3v) is 5.07. The molecule has 0 aliphatic carbocycles. The summed E-state index contributed by atoms with van der Waals surface area (Å²) in [7, 11) is 0. The fourth-order valence-electron chi connectivity index (χ4n) is 1.26. The minimum atomic E-state index is 0.232. The molecular weight excluding hydrogens is 248 g/mol. The van der Waals surface area contributed by atoms with E-state index in [4.69, 9.17) is 0 Å². The van der Waals surface area contributed by atoms with Crippen molar-refractivity contribution in [2.24, 2.45) is 5.92 Å². The number of hydrogen-bond acceptors (Lipinski definition) is 3. The summed E-state index contributed by atoms with van der Waals surface area (Å²) < 4.78 is 0. The van der Waals surface area contributed by atoms with Gasteiger partial charge in [0, 0.05) is 15.7 Å². The molecule has 0 spiro atoms. The van der Waals surface area contributed by atoms with E-state index in [0.29, 0.717) is 16.9 Å². The smallest absolute Gasteiger partial charge is 0.172 e. The highest BCUT2D eigenvalue weighted by Gasteiger charge is 2.11. The lowest BCUT2D eigenvalue weighted by Crippen LogP contribution is -2.11. The van der Waals surface area contributed by atoms with Crippen molar-refractivity contribution in [3.05, 3.63) is 29.8 Å². The van der Waals surface area contributed by atoms with Crippen molar-refractivity contribution in [3.8, 4) is 0 Å². The number of Topliss-reactive ketones (excluding diaryl/α,β-unsaturated/α-hetero) is 1. The van der Waals surface area contributed by atoms with Crippen molar-refractivity contribution in [2.75, 3.05) is 12.0 Å². The summed E-state index contributed by atoms with van der Waals surface area (Å²) >= 11 is 3.44. The Kier molecular flexibility index (Phi) is 6.14. The zero-order chi connectivity index (χ0) is 12.8. The highest BCUT2D eigenvalue weighted by atomic mass is 32.2. The molecule has 0 saturated carbocycles. The molecule has 1 atom stereocenters. The normalized spacial score (nSPS) is 12.8. The molecule has 94 valence electrons. The van der Waals surface area contributed by atoms with E-state index < -0.39 is 0 Å². The monoisotopic (exact) mass is 268 g/mol. The molecule has 1 nitrogen and oxygen atoms in total. The van der Waals surface area contributed by atoms with Gasteiger partial charge in [-0.05, 0) is 24.3 Å². The second-order valence-corrected chi connectivity index (χ2v) is 6.66. The maximum absolute atomic E-state index is 11.9. The van der Waals surface area contributed by atoms with Crippen LogP contribution in [0.3, 0.4) is 0 Å². The molecule has 0 saturated heterocycles. The van der Waals surface area contributed by atoms with Gasteiger partial charge in [-0.2, -0.15) is 11.8 Å². The Hall–Kier alpha value is -0.410. The van der Waals surface area contributed by atoms with Crippen LogP contribution in [0.25, 0.3) is 0 Å². The van der Waals surface area contributed by atoms with Crippen LogP contribution >= 0.6 is 23.5 Å². The summed E-state index contributed by atoms with van der Waals surface area (Å²) in [4.78, 5) is 13.1. The molecule has 1 aromatic carbocycles. The average molecular weight is 268 g/mol. The third-order valence-electron chi connectivity index (χ3n) is 2.83. The van der Waals surface area contributed by atoms with Crippen LogP contribution in [0.2, 0.25) is 0 Å². The number of hydrogen-bond donors (Lipinski definition) is 0. The topological polar surface area (TPSA) is 17.1 Å². The molecule has 0 amide bonds. The highest BCUT2D eigenvalue weighted by Crippen LogP contribution is 2.21. The van der Waals surface area contributed by atoms with E-state index in [1.54, 1.807) is 23.5 Å². The van der Waals surface area contributed by atoms with Gasteiger partial charge in [0.2, 0.25) is 0 Å². The SMILES string of the molecule is CSc1ccc(C(=O)CSC(C)C(C)C)cc1. The number of carbonyl (C=O) groups is 1. The zero-order valence-electron chi connectivity index (χ0n) is 10.9. The molecule has 1 aromatic rings. The zero-order valence-corrected chi connectivity index (χ0v) is 12.5. The number of thioether (sulfide) groups is 2. The Bertz CT molecular complexity index is 357. The van der Waals surface area contributed by atoms with Crippen molar-refractivity contribution in [1.82, 2.24) is 0 Å². The van der Waals surface area contributed by atoms with E-state index >= 15 is 0 Å². The van der Waals surface area contributed by atoms with Gasteiger partial charge in [0.1, 0.15) is 0 Å². The maximum Gasteiger partial charge on any atom is 0.172 e. The summed E-state index contributed by atoms with van der Waals surface area (Å²) in [5, 5.41) is 0.532. The third kappa shape index (κ3) is 4.76. The Morgan fingerprint density at radius 2 is 1.76 bits per heavy atom. The molecule has 1 unspecified atom stereocenters. The van der Waals surface area contributed by atoms with Gasteiger partial charge < -0.3 is 0 Å². The quantitative estimate of drug-likeness (QED) is 0.563. The van der Waals surface area contributed by atoms with Gasteiger partial charge in [-0.1, -0.05) is 32.9 Å². The molecule has 0 aliphatic rings. The fraction of sp³-hybridized carbons (Fsp3) is 0.500. The molecule has 3 heteroatoms. The largest absolute Gasteiger partial charge is 0.293 e. The minimum Gasteiger partial charge on any atom is -0.293 e. The van der Waals surface area contributed by atoms with Crippen LogP contribution in [0.4, 0.5) is 0 Å². The molecule has 1 rings (SSSR count). The van der Waals surface area contributed by atoms with E-state index in [1.165, 1.54) is 4.90 Å². The Balaban J connectivity index is 2.52. The lowest BCUT2D eigenvalue weighted by atomic mass is 10.1. The standard InChI is InChI=1S/C14H20OS2/c1-10(2)11(3)17-9-14(15)12-5-7-13(16-4)8-6-12/h5-8,10-11H,9H2,1-4H3. The van der Waals surface area contributed by atoms with Gasteiger partial charge in [-0.25, -0.2) is 0 Å². The summed E-state index contributed by atoms with van der Waals surface area (Å²) in [6, 6.07) is 7.87. The molecule has 0 aliphatic heterocycles. The number of benzene rings is 1. The van der Waals surface area contributed by atoms with Gasteiger partial charge in [0.15, 0.2) is 5.78 Å². The van der Waals surface area contributed by atoms with Crippen molar-refractivity contribution in [2.45, 2.75) is 30.9 Å². The Labute approximate surface area is 113 Å². The fourth-order valence-corrected chi connectivity index (χ4v) is 2.63. The Morgan fingerprint density at radius 1 is 1.18 bits per heavy atom. The predicted molar refractivity (Wildman–Crippen MR) is 79.3 cm³/mol. The van der Waals surface area contributed by atoms with E-state index in [9.17, 15) is 4.79 Å². The summed E-state index contributed by atoms with van der Waals surface area (Å²) in [6.07, 6.45) is 2.04. The van der Waals surface area contributed by atoms with E-state index in [1.807, 2.05) is 30.5 Å². The highest BCUT2D eigenvalue weighted by molar-refractivity contribution is 8.00. The first-order valence-electron chi connectivity index (χ1n) is 5.83. The van der Waals surface area contributed by atoms with Crippen molar-refractivity contribution >= 4 is 29.3 Å². The first-order chi connectivity index (χ1) is 8.04. The first-order valence-corrected chi connectivity index (χ1v) is 8.10. The van der Waals surface area contributed by atoms with E-state index in [0.717, 1.165) is 5.56 Å². The van der Waals surface area contributed by atoms with Crippen LogP contribution in [0.15, 0.2) is 29.2 Å². The van der Waals surface area contributed by atoms with Crippen LogP contribution in [0.1, 0.15) is 31.1 Å². The first kappa shape index (κ1) is 14.7. The number of ketones is 1. The number of carbonyl (C=O) groups excluding carboxylic acids is 1. The summed E-state index contributed by atoms with van der Waals surface area (Å²) in [5.41, 5.74) is 0.825. The van der Waals surface area contributed by atoms with Gasteiger partial charge in [0.25, 0.3) is 0 Å². The molecule has 0 fully saturated rings. The summed E-state index contributed by atoms with van der Waals surface area (Å²) in [6.45, 7) is 6.56. The van der Waals surface area contributed by atoms with Crippen LogP contribution in [-0.2, 0) is 0 Å². The molecule has 0 radical (unpaired) electrons. The second kappa shape index (κ2) is 7.12. The van der Waals surface area contributed by atoms with Crippen LogP contribution < -0.4 is 0 Å². The molecule has 17 heavy (non-hydrogen) atoms. The molecular formula is C14H20OS2. The maximum atomic E-state index is 11.9. The van der Waals surface area contributed by atoms with Crippen molar-refractivity contribution < 1.29 is 4.79 Å². The van der Waals surface area contributed by atoms with E-state index in [2.05, 4.69) is 20.8 Å². The predicted octanol–water partition coefficient (Wildman–Crippen LogP) is 4.37. The molecule has 0 N–H and O–H groups in total. The molecule has 0 heterocycles. The number of rotatable bonds is 6. The van der Waals surface area contributed by atoms with Gasteiger partial charge in [0.05, 0.1) is 5.75 Å². The second-order valence-electron chi connectivity index (χ2n) is 4.41. The van der Waals surface area contributed by atoms with Crippen LogP contribution in [-0.4, -0.2) is 23.0 Å². The molecule has 0 aromatic heterocycles. The van der Waals surface area contributed by atoms with Gasteiger partial charge >= 0.3 is 0 Å². The van der Waals surface area contributed by atoms with Crippen molar-refractivity contribution in [3.63, 3.8) is 0 Å². The Morgan fingerprint density at radius 3 is 2.24 bits per heavy atom. The lowest BCUT2D eigenvalue weighted by Gasteiger charge is -2.14.